The summed E-state index contributed by atoms with van der Waals surface area (Å²) in [5.41, 5.74) is 1.35. The van der Waals surface area contributed by atoms with Crippen molar-refractivity contribution in [2.24, 2.45) is 11.3 Å². The Morgan fingerprint density at radius 3 is 2.33 bits per heavy atom. The highest BCUT2D eigenvalue weighted by Gasteiger charge is 2.30. The van der Waals surface area contributed by atoms with Crippen LogP contribution in [0.15, 0.2) is 36.4 Å². The number of aliphatic hydroxyl groups is 1. The first-order chi connectivity index (χ1) is 14.0. The third-order valence-corrected chi connectivity index (χ3v) is 7.08. The predicted molar refractivity (Wildman–Crippen MR) is 120 cm³/mol. The highest BCUT2D eigenvalue weighted by Crippen LogP contribution is 2.39. The lowest BCUT2D eigenvalue weighted by atomic mass is 9.72. The van der Waals surface area contributed by atoms with E-state index >= 15 is 0 Å². The van der Waals surface area contributed by atoms with Crippen molar-refractivity contribution in [2.75, 3.05) is 6.54 Å². The van der Waals surface area contributed by atoms with Crippen LogP contribution in [0.4, 0.5) is 0 Å². The van der Waals surface area contributed by atoms with Crippen molar-refractivity contribution in [1.82, 2.24) is 5.32 Å². The first kappa shape index (κ1) is 23.2. The quantitative estimate of drug-likeness (QED) is 0.481. The van der Waals surface area contributed by atoms with E-state index in [9.17, 15) is 9.67 Å². The van der Waals surface area contributed by atoms with Crippen molar-refractivity contribution in [2.45, 2.75) is 64.9 Å². The van der Waals surface area contributed by atoms with Crippen LogP contribution in [0.5, 0.6) is 5.75 Å². The molecule has 4 N–H and O–H groups in total. The molecule has 0 radical (unpaired) electrons. The van der Waals surface area contributed by atoms with Gasteiger partial charge in [0.25, 0.3) is 0 Å². The zero-order valence-electron chi connectivity index (χ0n) is 18.0. The highest BCUT2D eigenvalue weighted by molar-refractivity contribution is 7.52. The van der Waals surface area contributed by atoms with E-state index in [0.29, 0.717) is 12.0 Å². The van der Waals surface area contributed by atoms with Crippen molar-refractivity contribution in [1.29, 1.82) is 0 Å². The number of rotatable bonds is 7. The van der Waals surface area contributed by atoms with E-state index in [1.165, 1.54) is 12.8 Å². The molecule has 0 aliphatic heterocycles. The van der Waals surface area contributed by atoms with Gasteiger partial charge in [-0.15, -0.1) is 0 Å². The van der Waals surface area contributed by atoms with Crippen molar-refractivity contribution >= 4 is 18.4 Å². The Hall–Kier alpha value is -1.43. The summed E-state index contributed by atoms with van der Waals surface area (Å²) < 4.78 is 17.2. The zero-order chi connectivity index (χ0) is 21.9. The fourth-order valence-corrected chi connectivity index (χ4v) is 4.53. The maximum absolute atomic E-state index is 11.0. The van der Waals surface area contributed by atoms with Crippen LogP contribution < -0.4 is 10.1 Å². The Morgan fingerprint density at radius 2 is 1.70 bits per heavy atom. The highest BCUT2D eigenvalue weighted by atomic mass is 31.2. The number of hydrogen-bond acceptors (Lipinski definition) is 4. The molecule has 6 nitrogen and oxygen atoms in total. The van der Waals surface area contributed by atoms with E-state index in [1.807, 2.05) is 30.3 Å². The smallest absolute Gasteiger partial charge is 0.355 e. The molecule has 1 saturated carbocycles. The average molecular weight is 436 g/mol. The molecule has 0 saturated heterocycles. The SMILES string of the molecule is CC(C)(C)C1CCC(Oc2ccc3cc(CNCC(O)P(=O)(O)O)ccc3c2)CC1. The number of aliphatic hydroxyl groups excluding tert-OH is 1. The topological polar surface area (TPSA) is 99.0 Å². The standard InChI is InChI=1S/C23H34NO5P/c1-23(2,3)19-7-10-20(11-8-19)29-21-9-6-17-12-16(4-5-18(17)13-21)14-24-15-22(25)30(26,27)28/h4-6,9,12-13,19-20,22,24-25H,7-8,10-11,14-15H2,1-3H3,(H2,26,27,28). The van der Waals surface area contributed by atoms with E-state index in [1.54, 1.807) is 0 Å². The van der Waals surface area contributed by atoms with E-state index in [2.05, 4.69) is 32.2 Å². The molecular formula is C23H34NO5P. The summed E-state index contributed by atoms with van der Waals surface area (Å²) in [7, 11) is -4.47. The number of fused-ring (bicyclic) bond motifs is 1. The van der Waals surface area contributed by atoms with E-state index in [0.717, 1.165) is 40.8 Å². The number of ether oxygens (including phenoxy) is 1. The molecule has 0 bridgehead atoms. The van der Waals surface area contributed by atoms with E-state index in [-0.39, 0.29) is 12.6 Å². The number of hydrogen-bond donors (Lipinski definition) is 4. The molecule has 1 aliphatic rings. The van der Waals surface area contributed by atoms with Gasteiger partial charge in [0, 0.05) is 13.1 Å². The molecule has 3 rings (SSSR count). The Labute approximate surface area is 178 Å². The Morgan fingerprint density at radius 1 is 1.07 bits per heavy atom. The summed E-state index contributed by atoms with van der Waals surface area (Å²) in [4.78, 5) is 17.9. The first-order valence-electron chi connectivity index (χ1n) is 10.7. The fraction of sp³-hybridized carbons (Fsp3) is 0.565. The maximum atomic E-state index is 11.0. The van der Waals surface area contributed by atoms with Crippen molar-refractivity contribution in [3.05, 3.63) is 42.0 Å². The lowest BCUT2D eigenvalue weighted by molar-refractivity contribution is 0.0883. The van der Waals surface area contributed by atoms with Crippen molar-refractivity contribution < 1.29 is 24.2 Å². The average Bonchev–Trinajstić information content (AvgIpc) is 2.67. The minimum Gasteiger partial charge on any atom is -0.490 e. The van der Waals surface area contributed by atoms with Gasteiger partial charge in [0.2, 0.25) is 0 Å². The molecule has 0 amide bonds. The summed E-state index contributed by atoms with van der Waals surface area (Å²) in [5.74, 6) is -0.0164. The summed E-state index contributed by atoms with van der Waals surface area (Å²) in [5, 5.41) is 14.5. The van der Waals surface area contributed by atoms with Gasteiger partial charge < -0.3 is 24.9 Å². The fourth-order valence-electron chi connectivity index (χ4n) is 4.16. The Kier molecular flexibility index (Phi) is 7.26. The lowest BCUT2D eigenvalue weighted by Gasteiger charge is -2.37. The van der Waals surface area contributed by atoms with Gasteiger partial charge in [-0.05, 0) is 71.6 Å². The molecule has 2 aromatic rings. The van der Waals surface area contributed by atoms with Crippen LogP contribution in [-0.4, -0.2) is 33.4 Å². The molecule has 1 unspecified atom stereocenters. The van der Waals surface area contributed by atoms with Gasteiger partial charge in [0.05, 0.1) is 6.10 Å². The third-order valence-electron chi connectivity index (χ3n) is 6.12. The monoisotopic (exact) mass is 435 g/mol. The summed E-state index contributed by atoms with van der Waals surface area (Å²) in [6, 6.07) is 12.1. The Bertz CT molecular complexity index is 896. The molecule has 0 heterocycles. The van der Waals surface area contributed by atoms with Crippen LogP contribution >= 0.6 is 7.60 Å². The van der Waals surface area contributed by atoms with Crippen LogP contribution in [0, 0.1) is 11.3 Å². The second-order valence-electron chi connectivity index (χ2n) is 9.50. The molecule has 30 heavy (non-hydrogen) atoms. The van der Waals surface area contributed by atoms with Gasteiger partial charge in [-0.1, -0.05) is 39.0 Å². The summed E-state index contributed by atoms with van der Waals surface area (Å²) >= 11 is 0. The number of benzene rings is 2. The van der Waals surface area contributed by atoms with Crippen LogP contribution in [0.3, 0.4) is 0 Å². The molecule has 166 valence electrons. The molecular weight excluding hydrogens is 401 g/mol. The van der Waals surface area contributed by atoms with Crippen LogP contribution in [0.25, 0.3) is 10.8 Å². The van der Waals surface area contributed by atoms with Crippen molar-refractivity contribution in [3.8, 4) is 5.75 Å². The second-order valence-corrected chi connectivity index (χ2v) is 11.3. The molecule has 0 aromatic heterocycles. The molecule has 1 aliphatic carbocycles. The van der Waals surface area contributed by atoms with Gasteiger partial charge in [-0.3, -0.25) is 4.57 Å². The maximum Gasteiger partial charge on any atom is 0.355 e. The third kappa shape index (κ3) is 6.29. The van der Waals surface area contributed by atoms with Gasteiger partial charge in [-0.2, -0.15) is 0 Å². The zero-order valence-corrected chi connectivity index (χ0v) is 18.9. The van der Waals surface area contributed by atoms with Gasteiger partial charge in [0.1, 0.15) is 5.75 Å². The second kappa shape index (κ2) is 9.37. The number of nitrogens with one attached hydrogen (secondary N) is 1. The van der Waals surface area contributed by atoms with Gasteiger partial charge >= 0.3 is 7.60 Å². The Balaban J connectivity index is 1.56. The van der Waals surface area contributed by atoms with Crippen LogP contribution in [0.1, 0.15) is 52.0 Å². The van der Waals surface area contributed by atoms with Gasteiger partial charge in [0.15, 0.2) is 5.85 Å². The lowest BCUT2D eigenvalue weighted by Crippen LogP contribution is -2.30. The normalized spacial score (nSPS) is 21.5. The molecule has 0 spiro atoms. The van der Waals surface area contributed by atoms with E-state index < -0.39 is 13.4 Å². The van der Waals surface area contributed by atoms with Crippen LogP contribution in [-0.2, 0) is 11.1 Å². The molecule has 1 fully saturated rings. The van der Waals surface area contributed by atoms with E-state index in [4.69, 9.17) is 14.5 Å². The van der Waals surface area contributed by atoms with Crippen LogP contribution in [0.2, 0.25) is 0 Å². The molecule has 7 heteroatoms. The predicted octanol–water partition coefficient (Wildman–Crippen LogP) is 4.41. The minimum absolute atomic E-state index is 0.160. The molecule has 1 atom stereocenters. The first-order valence-corrected chi connectivity index (χ1v) is 12.3. The summed E-state index contributed by atoms with van der Waals surface area (Å²) in [6.45, 7) is 7.23. The minimum atomic E-state index is -4.47. The molecule has 2 aromatic carbocycles. The van der Waals surface area contributed by atoms with Crippen molar-refractivity contribution in [3.63, 3.8) is 0 Å². The largest absolute Gasteiger partial charge is 0.490 e. The summed E-state index contributed by atoms with van der Waals surface area (Å²) in [6.07, 6.45) is 4.92. The van der Waals surface area contributed by atoms with Gasteiger partial charge in [-0.25, -0.2) is 0 Å².